The van der Waals surface area contributed by atoms with Crippen LogP contribution < -0.4 is 20.1 Å². The summed E-state index contributed by atoms with van der Waals surface area (Å²) in [5, 5.41) is 8.30. The second-order valence-electron chi connectivity index (χ2n) is 20.2. The third-order valence-electron chi connectivity index (χ3n) is 15.8. The molecule has 4 aliphatic heterocycles. The topological polar surface area (TPSA) is 129 Å². The van der Waals surface area contributed by atoms with Crippen LogP contribution in [-0.4, -0.2) is 16.8 Å². The molecule has 2 unspecified atom stereocenters. The predicted octanol–water partition coefficient (Wildman–Crippen LogP) is 15.2. The molecule has 8 aromatic carbocycles. The van der Waals surface area contributed by atoms with Crippen molar-refractivity contribution in [1.82, 2.24) is 0 Å². The molecule has 1 fully saturated rings. The van der Waals surface area contributed by atoms with Crippen molar-refractivity contribution >= 4 is 66.2 Å². The van der Waals surface area contributed by atoms with Crippen molar-refractivity contribution in [3.05, 3.63) is 222 Å². The van der Waals surface area contributed by atoms with E-state index in [2.05, 4.69) is 62.6 Å². The number of hydrogen-bond acceptors (Lipinski definition) is 10. The first-order chi connectivity index (χ1) is 35.5. The third-order valence-corrected chi connectivity index (χ3v) is 19.0. The summed E-state index contributed by atoms with van der Waals surface area (Å²) in [5.41, 5.74) is 10.6. The maximum absolute atomic E-state index is 13.6. The lowest BCUT2D eigenvalue weighted by Crippen LogP contribution is -2.33. The van der Waals surface area contributed by atoms with E-state index < -0.39 is 31.4 Å². The zero-order valence-electron chi connectivity index (χ0n) is 40.7. The van der Waals surface area contributed by atoms with E-state index in [4.69, 9.17) is 41.0 Å². The fourth-order valence-corrected chi connectivity index (χ4v) is 15.7. The van der Waals surface area contributed by atoms with E-state index in [-0.39, 0.29) is 15.2 Å². The Morgan fingerprint density at radius 1 is 0.432 bits per heavy atom. The summed E-state index contributed by atoms with van der Waals surface area (Å²) >= 11 is 13.0. The average molecular weight is 1060 g/mol. The first-order valence-corrected chi connectivity index (χ1v) is 28.2. The Balaban J connectivity index is 0.820. The molecule has 0 aromatic heterocycles. The van der Waals surface area contributed by atoms with Crippen LogP contribution in [0.5, 0.6) is 23.0 Å². The van der Waals surface area contributed by atoms with Crippen LogP contribution in [0.3, 0.4) is 0 Å². The highest BCUT2D eigenvalue weighted by Gasteiger charge is 2.57. The SMILES string of the molecule is Cc1cc(C2(c3cc(C)c(Nc4ccc5c(c4)Oc4cc(Cl)ccc4C54OS(=O)(=O)c5ccccc54)c(C)c3)CCCCC2)cc(C)c1Nc1ccc2c(c1)Oc1cc(Cl)ccc1C21OS(=O)(=O)c2ccccc21. The van der Waals surface area contributed by atoms with Crippen molar-refractivity contribution in [2.75, 3.05) is 10.6 Å². The number of benzene rings is 8. The maximum atomic E-state index is 13.6. The summed E-state index contributed by atoms with van der Waals surface area (Å²) in [6, 6.07) is 44.9. The van der Waals surface area contributed by atoms with E-state index in [1.54, 1.807) is 72.8 Å². The van der Waals surface area contributed by atoms with Crippen LogP contribution in [0.2, 0.25) is 10.0 Å². The van der Waals surface area contributed by atoms with E-state index >= 15 is 0 Å². The van der Waals surface area contributed by atoms with Crippen molar-refractivity contribution in [3.63, 3.8) is 0 Å². The quantitative estimate of drug-likeness (QED) is 0.155. The van der Waals surface area contributed by atoms with Crippen molar-refractivity contribution in [3.8, 4) is 23.0 Å². The number of nitrogens with one attached hydrogen (secondary N) is 2. The number of fused-ring (bicyclic) bond motifs is 12. The summed E-state index contributed by atoms with van der Waals surface area (Å²) in [7, 11) is -8.19. The van der Waals surface area contributed by atoms with Gasteiger partial charge in [-0.05, 0) is 135 Å². The molecule has 2 N–H and O–H groups in total. The van der Waals surface area contributed by atoms with Gasteiger partial charge in [-0.25, -0.2) is 8.37 Å². The minimum absolute atomic E-state index is 0.125. The zero-order valence-corrected chi connectivity index (χ0v) is 43.9. The Morgan fingerprint density at radius 2 is 0.797 bits per heavy atom. The molecule has 4 heterocycles. The molecular weight excluding hydrogens is 1010 g/mol. The number of anilines is 4. The number of hydrogen-bond donors (Lipinski definition) is 2. The number of ether oxygens (including phenoxy) is 2. The van der Waals surface area contributed by atoms with Gasteiger partial charge in [-0.1, -0.05) is 115 Å². The van der Waals surface area contributed by atoms with E-state index in [0.717, 1.165) is 70.7 Å². The fourth-order valence-electron chi connectivity index (χ4n) is 12.5. The van der Waals surface area contributed by atoms with E-state index in [1.165, 1.54) is 17.5 Å². The molecule has 0 radical (unpaired) electrons. The van der Waals surface area contributed by atoms with E-state index in [1.807, 2.05) is 48.5 Å². The Labute approximate surface area is 440 Å². The molecule has 8 aromatic rings. The first-order valence-electron chi connectivity index (χ1n) is 24.6. The van der Waals surface area contributed by atoms with Crippen molar-refractivity contribution in [2.24, 2.45) is 0 Å². The van der Waals surface area contributed by atoms with Gasteiger partial charge in [0.25, 0.3) is 20.2 Å². The largest absolute Gasteiger partial charge is 0.456 e. The molecule has 14 heteroatoms. The fraction of sp³-hybridized carbons (Fsp3) is 0.200. The van der Waals surface area contributed by atoms with Crippen molar-refractivity contribution in [2.45, 2.75) is 86.2 Å². The molecule has 2 spiro atoms. The van der Waals surface area contributed by atoms with Crippen LogP contribution in [0.25, 0.3) is 0 Å². The van der Waals surface area contributed by atoms with E-state index in [9.17, 15) is 16.8 Å². The highest BCUT2D eigenvalue weighted by atomic mass is 35.5. The van der Waals surface area contributed by atoms with Gasteiger partial charge in [-0.2, -0.15) is 16.8 Å². The Hall–Kier alpha value is -6.64. The molecule has 13 rings (SSSR count). The van der Waals surface area contributed by atoms with Crippen molar-refractivity contribution < 1.29 is 34.7 Å². The summed E-state index contributed by atoms with van der Waals surface area (Å²) in [6.45, 7) is 8.57. The number of rotatable bonds is 6. The minimum atomic E-state index is -4.10. The zero-order chi connectivity index (χ0) is 51.1. The number of aryl methyl sites for hydroxylation is 4. The third kappa shape index (κ3) is 6.95. The molecule has 5 aliphatic rings. The number of halogens is 2. The lowest BCUT2D eigenvalue weighted by molar-refractivity contribution is 0.163. The normalized spacial score (nSPS) is 20.8. The molecule has 1 aliphatic carbocycles. The molecule has 0 amide bonds. The monoisotopic (exact) mass is 1060 g/mol. The highest BCUT2D eigenvalue weighted by Crippen LogP contribution is 2.61. The van der Waals surface area contributed by atoms with Crippen LogP contribution >= 0.6 is 23.2 Å². The Bertz CT molecular complexity index is 3690. The summed E-state index contributed by atoms with van der Waals surface area (Å²) in [5.74, 6) is 1.76. The van der Waals surface area contributed by atoms with E-state index in [0.29, 0.717) is 66.4 Å². The van der Waals surface area contributed by atoms with Crippen LogP contribution in [0.4, 0.5) is 22.7 Å². The predicted molar refractivity (Wildman–Crippen MR) is 287 cm³/mol. The lowest BCUT2D eigenvalue weighted by Gasteiger charge is -2.40. The molecule has 1 saturated carbocycles. The molecule has 0 bridgehead atoms. The molecule has 10 nitrogen and oxygen atoms in total. The average Bonchev–Trinajstić information content (AvgIpc) is 3.81. The molecular formula is C60H48Cl2N2O8S2. The van der Waals surface area contributed by atoms with Gasteiger partial charge in [0.1, 0.15) is 32.8 Å². The van der Waals surface area contributed by atoms with Gasteiger partial charge in [0.05, 0.1) is 0 Å². The van der Waals surface area contributed by atoms with Gasteiger partial charge in [-0.3, -0.25) is 0 Å². The van der Waals surface area contributed by atoms with Crippen LogP contribution in [0, 0.1) is 27.7 Å². The molecule has 74 heavy (non-hydrogen) atoms. The standard InChI is InChI=1S/C60H48Cl2N2O8S2/c1-34-26-38(27-35(2)56(34)63-42-18-22-46-52(32-42)69-50-30-40(61)16-20-44(50)59(46)48-12-6-8-14-54(48)73(65,66)71-59)58(24-10-5-11-25-58)39-28-36(3)57(37(4)29-39)64-43-19-23-47-53(33-43)70-51-31-41(62)17-21-45(51)60(47)49-13-7-9-15-55(49)74(67,68)72-60/h6-9,12-23,26-33,63-64H,5,10-11,24-25H2,1-4H3. The van der Waals surface area contributed by atoms with Crippen LogP contribution in [0.15, 0.2) is 155 Å². The van der Waals surface area contributed by atoms with Gasteiger partial charge in [-0.15, -0.1) is 0 Å². The van der Waals surface area contributed by atoms with Gasteiger partial charge < -0.3 is 20.1 Å². The second kappa shape index (κ2) is 16.7. The summed E-state index contributed by atoms with van der Waals surface area (Å²) in [6.07, 6.45) is 5.42. The summed E-state index contributed by atoms with van der Waals surface area (Å²) < 4.78 is 79.7. The first kappa shape index (κ1) is 47.1. The van der Waals surface area contributed by atoms with Crippen LogP contribution in [0.1, 0.15) is 98.9 Å². The molecule has 2 atom stereocenters. The van der Waals surface area contributed by atoms with Crippen LogP contribution in [-0.2, 0) is 45.2 Å². The smallest absolute Gasteiger partial charge is 0.298 e. The highest BCUT2D eigenvalue weighted by molar-refractivity contribution is 7.87. The Kier molecular flexibility index (Phi) is 10.6. The van der Waals surface area contributed by atoms with Gasteiger partial charge in [0.2, 0.25) is 0 Å². The van der Waals surface area contributed by atoms with Gasteiger partial charge in [0, 0.05) is 83.7 Å². The maximum Gasteiger partial charge on any atom is 0.298 e. The van der Waals surface area contributed by atoms with Crippen molar-refractivity contribution in [1.29, 1.82) is 0 Å². The molecule has 0 saturated heterocycles. The second-order valence-corrected chi connectivity index (χ2v) is 24.1. The lowest BCUT2D eigenvalue weighted by atomic mass is 9.64. The minimum Gasteiger partial charge on any atom is -0.456 e. The van der Waals surface area contributed by atoms with Gasteiger partial charge in [0.15, 0.2) is 11.2 Å². The van der Waals surface area contributed by atoms with Gasteiger partial charge >= 0.3 is 0 Å². The summed E-state index contributed by atoms with van der Waals surface area (Å²) in [4.78, 5) is 0.249. The Morgan fingerprint density at radius 3 is 1.20 bits per heavy atom. The molecule has 372 valence electrons.